The minimum absolute atomic E-state index is 0.274. The van der Waals surface area contributed by atoms with E-state index in [0.717, 1.165) is 16.8 Å². The predicted molar refractivity (Wildman–Crippen MR) is 113 cm³/mol. The number of ether oxygens (including phenoxy) is 2. The lowest BCUT2D eigenvalue weighted by Crippen LogP contribution is -2.06. The van der Waals surface area contributed by atoms with E-state index in [9.17, 15) is 4.79 Å². The summed E-state index contributed by atoms with van der Waals surface area (Å²) in [6.07, 6.45) is 4.04. The zero-order valence-electron chi connectivity index (χ0n) is 17.4. The van der Waals surface area contributed by atoms with Crippen molar-refractivity contribution in [2.45, 2.75) is 19.9 Å². The second kappa shape index (κ2) is 8.34. The van der Waals surface area contributed by atoms with Gasteiger partial charge in [-0.15, -0.1) is 0 Å². The number of nitrogen functional groups attached to an aromatic ring is 1. The van der Waals surface area contributed by atoms with Gasteiger partial charge in [-0.1, -0.05) is 12.1 Å². The number of anilines is 1. The number of aryl methyl sites for hydroxylation is 1. The molecule has 31 heavy (non-hydrogen) atoms. The van der Waals surface area contributed by atoms with Gasteiger partial charge < -0.3 is 15.2 Å². The van der Waals surface area contributed by atoms with E-state index in [2.05, 4.69) is 29.7 Å². The standard InChI is InChI=1S/C21H21N7O3/c1-12-25-18(22)17-19(26-12)28(21(27-17)31-3)11-14-4-6-15(23-10-14)8-13-5-7-16(24-9-13)20(29)30-2/h4-7,9-10H,8,11H2,1-3H3,(H2,22,25,26). The molecule has 4 aromatic rings. The minimum Gasteiger partial charge on any atom is -0.468 e. The molecule has 4 heterocycles. The van der Waals surface area contributed by atoms with Gasteiger partial charge >= 0.3 is 5.97 Å². The number of carbonyl (C=O) groups excluding carboxylic acids is 1. The van der Waals surface area contributed by atoms with Gasteiger partial charge in [-0.25, -0.2) is 19.7 Å². The Bertz CT molecular complexity index is 1230. The number of esters is 1. The van der Waals surface area contributed by atoms with Gasteiger partial charge in [0.05, 0.1) is 20.8 Å². The first-order valence-corrected chi connectivity index (χ1v) is 9.50. The van der Waals surface area contributed by atoms with Crippen molar-refractivity contribution in [3.8, 4) is 6.01 Å². The molecule has 10 nitrogen and oxygen atoms in total. The molecule has 158 valence electrons. The molecule has 2 N–H and O–H groups in total. The van der Waals surface area contributed by atoms with Crippen LogP contribution in [0, 0.1) is 6.92 Å². The van der Waals surface area contributed by atoms with Crippen LogP contribution in [-0.4, -0.2) is 49.7 Å². The first-order chi connectivity index (χ1) is 15.0. The van der Waals surface area contributed by atoms with Gasteiger partial charge in [0.15, 0.2) is 17.0 Å². The van der Waals surface area contributed by atoms with Gasteiger partial charge in [0.25, 0.3) is 6.01 Å². The Morgan fingerprint density at radius 1 is 1.03 bits per heavy atom. The van der Waals surface area contributed by atoms with Crippen LogP contribution in [0.3, 0.4) is 0 Å². The van der Waals surface area contributed by atoms with Crippen LogP contribution in [0.1, 0.15) is 33.1 Å². The van der Waals surface area contributed by atoms with Crippen molar-refractivity contribution in [2.75, 3.05) is 20.0 Å². The zero-order valence-corrected chi connectivity index (χ0v) is 17.4. The van der Waals surface area contributed by atoms with Crippen molar-refractivity contribution in [3.63, 3.8) is 0 Å². The molecule has 0 bridgehead atoms. The molecule has 0 aliphatic rings. The van der Waals surface area contributed by atoms with Crippen molar-refractivity contribution < 1.29 is 14.3 Å². The molecule has 10 heteroatoms. The van der Waals surface area contributed by atoms with Crippen molar-refractivity contribution in [1.29, 1.82) is 0 Å². The number of aromatic nitrogens is 6. The molecule has 0 aliphatic carbocycles. The van der Waals surface area contributed by atoms with E-state index in [1.807, 2.05) is 22.8 Å². The number of pyridine rings is 2. The van der Waals surface area contributed by atoms with Gasteiger partial charge in [0.2, 0.25) is 0 Å². The summed E-state index contributed by atoms with van der Waals surface area (Å²) in [6.45, 7) is 2.25. The second-order valence-electron chi connectivity index (χ2n) is 6.89. The maximum absolute atomic E-state index is 11.5. The zero-order chi connectivity index (χ0) is 22.0. The summed E-state index contributed by atoms with van der Waals surface area (Å²) < 4.78 is 11.9. The summed E-state index contributed by atoms with van der Waals surface area (Å²) in [5.74, 6) is 0.424. The topological polar surface area (TPSA) is 131 Å². The highest BCUT2D eigenvalue weighted by Gasteiger charge is 2.17. The fraction of sp³-hybridized carbons (Fsp3) is 0.238. The van der Waals surface area contributed by atoms with Crippen LogP contribution in [0.5, 0.6) is 6.01 Å². The number of imidazole rings is 1. The fourth-order valence-corrected chi connectivity index (χ4v) is 3.21. The van der Waals surface area contributed by atoms with E-state index in [1.165, 1.54) is 7.11 Å². The van der Waals surface area contributed by atoms with E-state index >= 15 is 0 Å². The van der Waals surface area contributed by atoms with Gasteiger partial charge in [0.1, 0.15) is 11.5 Å². The van der Waals surface area contributed by atoms with Crippen molar-refractivity contribution >= 4 is 23.0 Å². The van der Waals surface area contributed by atoms with Gasteiger partial charge in [-0.05, 0) is 30.2 Å². The fourth-order valence-electron chi connectivity index (χ4n) is 3.21. The Balaban J connectivity index is 1.53. The van der Waals surface area contributed by atoms with E-state index in [0.29, 0.717) is 41.8 Å². The number of rotatable bonds is 6. The van der Waals surface area contributed by atoms with E-state index in [-0.39, 0.29) is 5.69 Å². The number of carbonyl (C=O) groups is 1. The highest BCUT2D eigenvalue weighted by Crippen LogP contribution is 2.24. The average molecular weight is 419 g/mol. The van der Waals surface area contributed by atoms with E-state index < -0.39 is 5.97 Å². The average Bonchev–Trinajstić information content (AvgIpc) is 3.12. The van der Waals surface area contributed by atoms with Crippen LogP contribution >= 0.6 is 0 Å². The summed E-state index contributed by atoms with van der Waals surface area (Å²) in [5.41, 5.74) is 10.2. The smallest absolute Gasteiger partial charge is 0.356 e. The summed E-state index contributed by atoms with van der Waals surface area (Å²) in [7, 11) is 2.88. The molecular weight excluding hydrogens is 398 g/mol. The first-order valence-electron chi connectivity index (χ1n) is 9.50. The molecule has 0 unspecified atom stereocenters. The summed E-state index contributed by atoms with van der Waals surface area (Å²) in [4.78, 5) is 33.2. The minimum atomic E-state index is -0.460. The maximum atomic E-state index is 11.5. The molecule has 4 rings (SSSR count). The molecule has 4 aromatic heterocycles. The Hall–Kier alpha value is -4.08. The molecule has 0 saturated carbocycles. The number of fused-ring (bicyclic) bond motifs is 1. The third-order valence-electron chi connectivity index (χ3n) is 4.71. The lowest BCUT2D eigenvalue weighted by atomic mass is 10.1. The molecule has 0 fully saturated rings. The summed E-state index contributed by atoms with van der Waals surface area (Å²) in [6, 6.07) is 7.82. The van der Waals surface area contributed by atoms with Crippen LogP contribution < -0.4 is 10.5 Å². The maximum Gasteiger partial charge on any atom is 0.356 e. The second-order valence-corrected chi connectivity index (χ2v) is 6.89. The van der Waals surface area contributed by atoms with Crippen molar-refractivity contribution in [3.05, 3.63) is 65.0 Å². The van der Waals surface area contributed by atoms with Crippen LogP contribution in [0.15, 0.2) is 36.7 Å². The van der Waals surface area contributed by atoms with E-state index in [4.69, 9.17) is 10.5 Å². The normalized spacial score (nSPS) is 10.9. The molecule has 0 spiro atoms. The van der Waals surface area contributed by atoms with Crippen LogP contribution in [-0.2, 0) is 17.7 Å². The first kappa shape index (κ1) is 20.2. The van der Waals surface area contributed by atoms with Crippen LogP contribution in [0.4, 0.5) is 5.82 Å². The Labute approximate surface area is 178 Å². The third kappa shape index (κ3) is 4.13. The number of hydrogen-bond donors (Lipinski definition) is 1. The molecule has 0 atom stereocenters. The number of hydrogen-bond acceptors (Lipinski definition) is 9. The lowest BCUT2D eigenvalue weighted by Gasteiger charge is -2.08. The monoisotopic (exact) mass is 419 g/mol. The molecule has 0 saturated heterocycles. The summed E-state index contributed by atoms with van der Waals surface area (Å²) >= 11 is 0. The van der Waals surface area contributed by atoms with Crippen molar-refractivity contribution in [1.82, 2.24) is 29.5 Å². The highest BCUT2D eigenvalue weighted by molar-refractivity contribution is 5.87. The molecule has 0 radical (unpaired) electrons. The lowest BCUT2D eigenvalue weighted by molar-refractivity contribution is 0.0594. The van der Waals surface area contributed by atoms with Gasteiger partial charge in [0, 0.05) is 24.5 Å². The van der Waals surface area contributed by atoms with E-state index in [1.54, 1.807) is 32.5 Å². The Morgan fingerprint density at radius 3 is 2.45 bits per heavy atom. The number of nitrogens with two attached hydrogens (primary N) is 1. The number of methoxy groups -OCH3 is 2. The van der Waals surface area contributed by atoms with Crippen LogP contribution in [0.2, 0.25) is 0 Å². The van der Waals surface area contributed by atoms with Gasteiger partial charge in [-0.3, -0.25) is 9.55 Å². The molecular formula is C21H21N7O3. The SMILES string of the molecule is COC(=O)c1ccc(Cc2ccc(Cn3c(OC)nc4c(N)nc(C)nc43)cn2)cn1. The largest absolute Gasteiger partial charge is 0.468 e. The predicted octanol–water partition coefficient (Wildman–Crippen LogP) is 1.94. The molecule has 0 aromatic carbocycles. The summed E-state index contributed by atoms with van der Waals surface area (Å²) in [5, 5.41) is 0. The Morgan fingerprint density at radius 2 is 1.81 bits per heavy atom. The quantitative estimate of drug-likeness (QED) is 0.466. The third-order valence-corrected chi connectivity index (χ3v) is 4.71. The highest BCUT2D eigenvalue weighted by atomic mass is 16.5. The Kier molecular flexibility index (Phi) is 5.44. The number of nitrogens with zero attached hydrogens (tertiary/aromatic N) is 6. The van der Waals surface area contributed by atoms with Gasteiger partial charge in [-0.2, -0.15) is 4.98 Å². The molecule has 0 aliphatic heterocycles. The molecule has 0 amide bonds. The van der Waals surface area contributed by atoms with Crippen molar-refractivity contribution in [2.24, 2.45) is 0 Å². The van der Waals surface area contributed by atoms with Crippen LogP contribution in [0.25, 0.3) is 11.2 Å².